The Bertz CT molecular complexity index is 232. The molecule has 0 saturated heterocycles. The molecule has 2 fully saturated rings. The van der Waals surface area contributed by atoms with E-state index in [1.807, 2.05) is 0 Å². The number of halogens is 3. The first-order valence-corrected chi connectivity index (χ1v) is 5.23. The summed E-state index contributed by atoms with van der Waals surface area (Å²) in [5, 5.41) is 2.59. The number of hydrogen-bond acceptors (Lipinski definition) is 1. The van der Waals surface area contributed by atoms with Crippen molar-refractivity contribution in [3.63, 3.8) is 0 Å². The summed E-state index contributed by atoms with van der Waals surface area (Å²) in [5.41, 5.74) is -2.06. The molecule has 0 aliphatic heterocycles. The number of nitrogens with one attached hydrogen (secondary N) is 1. The minimum Gasteiger partial charge on any atom is -0.306 e. The highest BCUT2D eigenvalue weighted by atomic mass is 19.4. The molecule has 0 radical (unpaired) electrons. The van der Waals surface area contributed by atoms with Crippen LogP contribution in [0.4, 0.5) is 13.2 Å². The second-order valence-corrected chi connectivity index (χ2v) is 4.64. The molecule has 2 rings (SSSR count). The van der Waals surface area contributed by atoms with Gasteiger partial charge in [0, 0.05) is 0 Å². The van der Waals surface area contributed by atoms with Crippen molar-refractivity contribution in [2.75, 3.05) is 7.05 Å². The first-order chi connectivity index (χ1) is 6.47. The lowest BCUT2D eigenvalue weighted by atomic mass is 9.58. The lowest BCUT2D eigenvalue weighted by Gasteiger charge is -2.52. The second kappa shape index (κ2) is 2.87. The molecule has 1 spiro atoms. The molecular formula is C10H16F3N. The molecule has 14 heavy (non-hydrogen) atoms. The highest BCUT2D eigenvalue weighted by Gasteiger charge is 2.69. The molecule has 4 heteroatoms. The maximum absolute atomic E-state index is 13.1. The molecule has 0 amide bonds. The van der Waals surface area contributed by atoms with Gasteiger partial charge in [0.1, 0.15) is 5.54 Å². The fourth-order valence-electron chi connectivity index (χ4n) is 3.43. The Hall–Kier alpha value is -0.250. The van der Waals surface area contributed by atoms with Crippen molar-refractivity contribution in [1.82, 2.24) is 5.32 Å². The van der Waals surface area contributed by atoms with Crippen molar-refractivity contribution in [2.45, 2.75) is 50.2 Å². The molecule has 0 heterocycles. The Morgan fingerprint density at radius 3 is 1.79 bits per heavy atom. The average molecular weight is 207 g/mol. The van der Waals surface area contributed by atoms with Gasteiger partial charge in [0.05, 0.1) is 0 Å². The first-order valence-electron chi connectivity index (χ1n) is 5.23. The smallest absolute Gasteiger partial charge is 0.306 e. The molecule has 2 saturated carbocycles. The van der Waals surface area contributed by atoms with Crippen LogP contribution in [-0.2, 0) is 0 Å². The molecule has 2 aliphatic rings. The number of rotatable bonds is 1. The van der Waals surface area contributed by atoms with E-state index >= 15 is 0 Å². The van der Waals surface area contributed by atoms with Gasteiger partial charge < -0.3 is 5.32 Å². The Labute approximate surface area is 82.1 Å². The predicted molar refractivity (Wildman–Crippen MR) is 48.0 cm³/mol. The van der Waals surface area contributed by atoms with Gasteiger partial charge in [0.15, 0.2) is 0 Å². The molecule has 1 unspecified atom stereocenters. The van der Waals surface area contributed by atoms with Gasteiger partial charge in [0.2, 0.25) is 0 Å². The van der Waals surface area contributed by atoms with Crippen LogP contribution in [0.3, 0.4) is 0 Å². The molecule has 0 aromatic rings. The van der Waals surface area contributed by atoms with Crippen LogP contribution in [-0.4, -0.2) is 18.8 Å². The molecule has 1 N–H and O–H groups in total. The fraction of sp³-hybridized carbons (Fsp3) is 1.00. The topological polar surface area (TPSA) is 12.0 Å². The van der Waals surface area contributed by atoms with Crippen LogP contribution < -0.4 is 5.32 Å². The van der Waals surface area contributed by atoms with Crippen molar-refractivity contribution in [1.29, 1.82) is 0 Å². The normalized spacial score (nSPS) is 36.0. The zero-order chi connectivity index (χ0) is 10.4. The van der Waals surface area contributed by atoms with Gasteiger partial charge in [-0.3, -0.25) is 0 Å². The van der Waals surface area contributed by atoms with Crippen LogP contribution in [0, 0.1) is 5.41 Å². The average Bonchev–Trinajstić information content (AvgIpc) is 2.41. The van der Waals surface area contributed by atoms with Crippen LogP contribution in [0.2, 0.25) is 0 Å². The Morgan fingerprint density at radius 2 is 1.50 bits per heavy atom. The number of alkyl halides is 3. The van der Waals surface area contributed by atoms with Crippen molar-refractivity contribution in [3.05, 3.63) is 0 Å². The SMILES string of the molecule is CNC1(C(F)(F)F)CCCC12CCC2. The van der Waals surface area contributed by atoms with E-state index in [2.05, 4.69) is 5.32 Å². The summed E-state index contributed by atoms with van der Waals surface area (Å²) in [4.78, 5) is 0. The summed E-state index contributed by atoms with van der Waals surface area (Å²) in [6.45, 7) is 0. The van der Waals surface area contributed by atoms with Crippen LogP contribution in [0.5, 0.6) is 0 Å². The number of hydrogen-bond donors (Lipinski definition) is 1. The van der Waals surface area contributed by atoms with E-state index in [1.165, 1.54) is 7.05 Å². The molecular weight excluding hydrogens is 191 g/mol. The maximum atomic E-state index is 13.1. The third-order valence-electron chi connectivity index (χ3n) is 4.33. The zero-order valence-electron chi connectivity index (χ0n) is 8.38. The van der Waals surface area contributed by atoms with E-state index in [9.17, 15) is 13.2 Å². The molecule has 0 aromatic carbocycles. The van der Waals surface area contributed by atoms with Gasteiger partial charge in [-0.1, -0.05) is 12.8 Å². The third-order valence-corrected chi connectivity index (χ3v) is 4.33. The summed E-state index contributed by atoms with van der Waals surface area (Å²) in [7, 11) is 1.46. The summed E-state index contributed by atoms with van der Waals surface area (Å²) < 4.78 is 39.2. The minimum absolute atomic E-state index is 0.257. The Balaban J connectivity index is 2.35. The molecule has 1 atom stereocenters. The lowest BCUT2D eigenvalue weighted by Crippen LogP contribution is -2.65. The largest absolute Gasteiger partial charge is 0.407 e. The van der Waals surface area contributed by atoms with Crippen LogP contribution >= 0.6 is 0 Å². The van der Waals surface area contributed by atoms with Gasteiger partial charge in [-0.05, 0) is 38.1 Å². The maximum Gasteiger partial charge on any atom is 0.407 e. The van der Waals surface area contributed by atoms with Crippen molar-refractivity contribution >= 4 is 0 Å². The molecule has 2 aliphatic carbocycles. The van der Waals surface area contributed by atoms with E-state index in [-0.39, 0.29) is 6.42 Å². The fourth-order valence-corrected chi connectivity index (χ4v) is 3.43. The molecule has 0 bridgehead atoms. The zero-order valence-corrected chi connectivity index (χ0v) is 8.38. The summed E-state index contributed by atoms with van der Waals surface area (Å²) in [5.74, 6) is 0. The van der Waals surface area contributed by atoms with Gasteiger partial charge in [-0.25, -0.2) is 0 Å². The second-order valence-electron chi connectivity index (χ2n) is 4.64. The van der Waals surface area contributed by atoms with Gasteiger partial charge in [-0.15, -0.1) is 0 Å². The highest BCUT2D eigenvalue weighted by Crippen LogP contribution is 2.63. The third kappa shape index (κ3) is 1.01. The van der Waals surface area contributed by atoms with Crippen LogP contribution in [0.1, 0.15) is 38.5 Å². The monoisotopic (exact) mass is 207 g/mol. The van der Waals surface area contributed by atoms with E-state index in [4.69, 9.17) is 0 Å². The predicted octanol–water partition coefficient (Wildman–Crippen LogP) is 2.86. The van der Waals surface area contributed by atoms with E-state index in [0.29, 0.717) is 6.42 Å². The lowest BCUT2D eigenvalue weighted by molar-refractivity contribution is -0.235. The van der Waals surface area contributed by atoms with Crippen LogP contribution in [0.25, 0.3) is 0 Å². The minimum atomic E-state index is -4.10. The van der Waals surface area contributed by atoms with Crippen molar-refractivity contribution in [2.24, 2.45) is 5.41 Å². The first kappa shape index (κ1) is 10.3. The van der Waals surface area contributed by atoms with E-state index in [1.54, 1.807) is 0 Å². The standard InChI is InChI=1S/C10H16F3N/c1-14-9(10(11,12)13)7-3-6-8(9)4-2-5-8/h14H,2-7H2,1H3. The highest BCUT2D eigenvalue weighted by molar-refractivity contribution is 5.15. The van der Waals surface area contributed by atoms with E-state index in [0.717, 1.165) is 25.7 Å². The van der Waals surface area contributed by atoms with Gasteiger partial charge in [0.25, 0.3) is 0 Å². The summed E-state index contributed by atoms with van der Waals surface area (Å²) in [6, 6.07) is 0. The van der Waals surface area contributed by atoms with Crippen molar-refractivity contribution < 1.29 is 13.2 Å². The van der Waals surface area contributed by atoms with Crippen LogP contribution in [0.15, 0.2) is 0 Å². The van der Waals surface area contributed by atoms with Crippen molar-refractivity contribution in [3.8, 4) is 0 Å². The molecule has 1 nitrogen and oxygen atoms in total. The molecule has 0 aromatic heterocycles. The van der Waals surface area contributed by atoms with E-state index < -0.39 is 17.1 Å². The van der Waals surface area contributed by atoms with Gasteiger partial charge in [-0.2, -0.15) is 13.2 Å². The quantitative estimate of drug-likeness (QED) is 0.697. The Morgan fingerprint density at radius 1 is 1.00 bits per heavy atom. The van der Waals surface area contributed by atoms with Gasteiger partial charge >= 0.3 is 6.18 Å². The summed E-state index contributed by atoms with van der Waals surface area (Å²) >= 11 is 0. The summed E-state index contributed by atoms with van der Waals surface area (Å²) in [6.07, 6.45) is 0.0551. The Kier molecular flexibility index (Phi) is 2.11. The molecule has 82 valence electrons.